The fourth-order valence-corrected chi connectivity index (χ4v) is 2.91. The van der Waals surface area contributed by atoms with Gasteiger partial charge in [-0.2, -0.15) is 5.26 Å². The van der Waals surface area contributed by atoms with E-state index in [1.807, 2.05) is 6.07 Å². The van der Waals surface area contributed by atoms with E-state index >= 15 is 0 Å². The predicted octanol–water partition coefficient (Wildman–Crippen LogP) is 2.65. The highest BCUT2D eigenvalue weighted by Crippen LogP contribution is 2.27. The SMILES string of the molecule is CC1C(C(=O)O)CCN1C(=O)Nc1ccc(C#N)cc1Br. The average molecular weight is 352 g/mol. The lowest BCUT2D eigenvalue weighted by Gasteiger charge is -2.23. The minimum atomic E-state index is -0.877. The number of carbonyl (C=O) groups is 2. The van der Waals surface area contributed by atoms with E-state index in [9.17, 15) is 9.59 Å². The molecule has 0 saturated carbocycles. The minimum Gasteiger partial charge on any atom is -0.481 e. The number of rotatable bonds is 2. The summed E-state index contributed by atoms with van der Waals surface area (Å²) < 4.78 is 0.608. The van der Waals surface area contributed by atoms with Gasteiger partial charge in [0.25, 0.3) is 0 Å². The molecule has 2 rings (SSSR count). The number of nitriles is 1. The highest BCUT2D eigenvalue weighted by Gasteiger charge is 2.38. The summed E-state index contributed by atoms with van der Waals surface area (Å²) in [6.45, 7) is 2.15. The van der Waals surface area contributed by atoms with Crippen LogP contribution in [0.4, 0.5) is 10.5 Å². The number of carboxylic acid groups (broad SMARTS) is 1. The molecule has 1 aliphatic rings. The number of urea groups is 1. The van der Waals surface area contributed by atoms with Gasteiger partial charge in [0, 0.05) is 17.1 Å². The number of nitrogens with zero attached hydrogens (tertiary/aromatic N) is 2. The van der Waals surface area contributed by atoms with E-state index in [-0.39, 0.29) is 12.1 Å². The maximum absolute atomic E-state index is 12.2. The molecule has 0 spiro atoms. The van der Waals surface area contributed by atoms with Crippen LogP contribution in [0.2, 0.25) is 0 Å². The first-order valence-electron chi connectivity index (χ1n) is 6.44. The summed E-state index contributed by atoms with van der Waals surface area (Å²) in [4.78, 5) is 24.8. The fourth-order valence-electron chi connectivity index (χ4n) is 2.43. The Balaban J connectivity index is 2.09. The topological polar surface area (TPSA) is 93.4 Å². The molecule has 0 aliphatic carbocycles. The van der Waals surface area contributed by atoms with Gasteiger partial charge in [-0.3, -0.25) is 4.79 Å². The number of amides is 2. The van der Waals surface area contributed by atoms with Crippen molar-refractivity contribution in [2.75, 3.05) is 11.9 Å². The molecule has 1 aromatic rings. The maximum atomic E-state index is 12.2. The molecule has 1 saturated heterocycles. The van der Waals surface area contributed by atoms with Gasteiger partial charge in [0.05, 0.1) is 23.2 Å². The van der Waals surface area contributed by atoms with Gasteiger partial charge in [-0.25, -0.2) is 4.79 Å². The van der Waals surface area contributed by atoms with E-state index in [0.29, 0.717) is 28.7 Å². The molecule has 21 heavy (non-hydrogen) atoms. The lowest BCUT2D eigenvalue weighted by atomic mass is 10.0. The van der Waals surface area contributed by atoms with Crippen LogP contribution in [0, 0.1) is 17.2 Å². The first-order valence-corrected chi connectivity index (χ1v) is 7.23. The van der Waals surface area contributed by atoms with Crippen molar-refractivity contribution in [3.05, 3.63) is 28.2 Å². The molecule has 1 heterocycles. The van der Waals surface area contributed by atoms with Crippen molar-refractivity contribution in [1.82, 2.24) is 4.90 Å². The number of carbonyl (C=O) groups excluding carboxylic acids is 1. The fraction of sp³-hybridized carbons (Fsp3) is 0.357. The van der Waals surface area contributed by atoms with Crippen LogP contribution in [0.1, 0.15) is 18.9 Å². The van der Waals surface area contributed by atoms with E-state index in [1.54, 1.807) is 25.1 Å². The number of benzene rings is 1. The van der Waals surface area contributed by atoms with E-state index in [2.05, 4.69) is 21.2 Å². The summed E-state index contributed by atoms with van der Waals surface area (Å²) >= 11 is 3.30. The van der Waals surface area contributed by atoms with Crippen LogP contribution in [0.25, 0.3) is 0 Å². The van der Waals surface area contributed by atoms with Gasteiger partial charge >= 0.3 is 12.0 Å². The first kappa shape index (κ1) is 15.3. The lowest BCUT2D eigenvalue weighted by molar-refractivity contribution is -0.142. The summed E-state index contributed by atoms with van der Waals surface area (Å²) in [6.07, 6.45) is 0.457. The van der Waals surface area contributed by atoms with Crippen LogP contribution < -0.4 is 5.32 Å². The highest BCUT2D eigenvalue weighted by atomic mass is 79.9. The number of hydrogen-bond acceptors (Lipinski definition) is 3. The number of likely N-dealkylation sites (tertiary alicyclic amines) is 1. The van der Waals surface area contributed by atoms with Crippen LogP contribution in [-0.2, 0) is 4.79 Å². The number of aliphatic carboxylic acids is 1. The van der Waals surface area contributed by atoms with Gasteiger partial charge < -0.3 is 15.3 Å². The third kappa shape index (κ3) is 3.16. The van der Waals surface area contributed by atoms with Crippen molar-refractivity contribution >= 4 is 33.6 Å². The quantitative estimate of drug-likeness (QED) is 0.856. The smallest absolute Gasteiger partial charge is 0.322 e. The van der Waals surface area contributed by atoms with Gasteiger partial charge in [-0.1, -0.05) is 0 Å². The number of halogens is 1. The van der Waals surface area contributed by atoms with Crippen molar-refractivity contribution in [3.63, 3.8) is 0 Å². The second kappa shape index (κ2) is 6.14. The zero-order valence-corrected chi connectivity index (χ0v) is 12.9. The van der Waals surface area contributed by atoms with Gasteiger partial charge in [0.1, 0.15) is 0 Å². The molecule has 110 valence electrons. The van der Waals surface area contributed by atoms with Crippen LogP contribution in [0.15, 0.2) is 22.7 Å². The van der Waals surface area contributed by atoms with Crippen LogP contribution in [0.3, 0.4) is 0 Å². The van der Waals surface area contributed by atoms with Gasteiger partial charge in [0.2, 0.25) is 0 Å². The average Bonchev–Trinajstić information content (AvgIpc) is 2.83. The number of carboxylic acids is 1. The Bertz CT molecular complexity index is 626. The monoisotopic (exact) mass is 351 g/mol. The van der Waals surface area contributed by atoms with Crippen molar-refractivity contribution in [2.45, 2.75) is 19.4 Å². The molecule has 2 atom stereocenters. The van der Waals surface area contributed by atoms with Gasteiger partial charge in [-0.15, -0.1) is 0 Å². The van der Waals surface area contributed by atoms with Crippen LogP contribution in [-0.4, -0.2) is 34.6 Å². The summed E-state index contributed by atoms with van der Waals surface area (Å²) in [5, 5.41) is 20.6. The Labute approximate surface area is 130 Å². The van der Waals surface area contributed by atoms with Gasteiger partial charge in [0.15, 0.2) is 0 Å². The second-order valence-corrected chi connectivity index (χ2v) is 5.76. The summed E-state index contributed by atoms with van der Waals surface area (Å²) in [5.74, 6) is -1.41. The molecule has 0 aromatic heterocycles. The number of anilines is 1. The Hall–Kier alpha value is -2.07. The summed E-state index contributed by atoms with van der Waals surface area (Å²) in [5.41, 5.74) is 1.03. The normalized spacial score (nSPS) is 20.9. The van der Waals surface area contributed by atoms with Crippen molar-refractivity contribution < 1.29 is 14.7 Å². The van der Waals surface area contributed by atoms with Crippen molar-refractivity contribution in [1.29, 1.82) is 5.26 Å². The standard InChI is InChI=1S/C14H14BrN3O3/c1-8-10(13(19)20)4-5-18(8)14(21)17-12-3-2-9(7-16)6-11(12)15/h2-3,6,8,10H,4-5H2,1H3,(H,17,21)(H,19,20). The Morgan fingerprint density at radius 1 is 1.52 bits per heavy atom. The molecule has 0 radical (unpaired) electrons. The van der Waals surface area contributed by atoms with Crippen LogP contribution in [0.5, 0.6) is 0 Å². The highest BCUT2D eigenvalue weighted by molar-refractivity contribution is 9.10. The molecule has 1 aliphatic heterocycles. The molecule has 2 amide bonds. The molecule has 0 bridgehead atoms. The number of hydrogen-bond donors (Lipinski definition) is 2. The molecule has 2 unspecified atom stereocenters. The zero-order chi connectivity index (χ0) is 15.6. The Kier molecular flexibility index (Phi) is 4.48. The minimum absolute atomic E-state index is 0.336. The molecule has 6 nitrogen and oxygen atoms in total. The number of nitrogens with one attached hydrogen (secondary N) is 1. The summed E-state index contributed by atoms with van der Waals surface area (Å²) in [7, 11) is 0. The zero-order valence-electron chi connectivity index (χ0n) is 11.3. The van der Waals surface area contributed by atoms with Crippen molar-refractivity contribution in [2.24, 2.45) is 5.92 Å². The Morgan fingerprint density at radius 2 is 2.24 bits per heavy atom. The molecular formula is C14H14BrN3O3. The molecule has 2 N–H and O–H groups in total. The third-order valence-corrected chi connectivity index (χ3v) is 4.33. The molecule has 1 aromatic carbocycles. The van der Waals surface area contributed by atoms with Crippen molar-refractivity contribution in [3.8, 4) is 6.07 Å². The molecule has 1 fully saturated rings. The van der Waals surface area contributed by atoms with E-state index in [0.717, 1.165) is 0 Å². The first-order chi connectivity index (χ1) is 9.93. The molecular weight excluding hydrogens is 338 g/mol. The van der Waals surface area contributed by atoms with E-state index in [1.165, 1.54) is 4.90 Å². The maximum Gasteiger partial charge on any atom is 0.322 e. The lowest BCUT2D eigenvalue weighted by Crippen LogP contribution is -2.40. The van der Waals surface area contributed by atoms with Crippen LogP contribution >= 0.6 is 15.9 Å². The second-order valence-electron chi connectivity index (χ2n) is 4.90. The molecule has 7 heteroatoms. The predicted molar refractivity (Wildman–Crippen MR) is 79.8 cm³/mol. The third-order valence-electron chi connectivity index (χ3n) is 3.67. The van der Waals surface area contributed by atoms with E-state index in [4.69, 9.17) is 10.4 Å². The van der Waals surface area contributed by atoms with Gasteiger partial charge in [-0.05, 0) is 47.5 Å². The summed E-state index contributed by atoms with van der Waals surface area (Å²) in [6, 6.07) is 6.18. The van der Waals surface area contributed by atoms with E-state index < -0.39 is 11.9 Å². The largest absolute Gasteiger partial charge is 0.481 e. The Morgan fingerprint density at radius 3 is 2.76 bits per heavy atom.